The normalized spacial score (nSPS) is 22.5. The van der Waals surface area contributed by atoms with E-state index in [0.717, 1.165) is 5.82 Å². The smallest absolute Gasteiger partial charge is 0.191 e. The van der Waals surface area contributed by atoms with Gasteiger partial charge in [0.15, 0.2) is 5.16 Å². The highest BCUT2D eigenvalue weighted by Gasteiger charge is 2.33. The number of aliphatic hydroxyl groups excluding tert-OH is 1. The van der Waals surface area contributed by atoms with Gasteiger partial charge in [-0.05, 0) is 20.1 Å². The van der Waals surface area contributed by atoms with Gasteiger partial charge in [-0.3, -0.25) is 0 Å². The van der Waals surface area contributed by atoms with Gasteiger partial charge < -0.3 is 20.5 Å². The number of rotatable bonds is 3. The van der Waals surface area contributed by atoms with Crippen LogP contribution in [0.5, 0.6) is 0 Å². The first-order chi connectivity index (χ1) is 8.93. The van der Waals surface area contributed by atoms with E-state index in [1.54, 1.807) is 6.07 Å². The fraction of sp³-hybridized carbons (Fsp3) is 0.667. The second kappa shape index (κ2) is 5.52. The fourth-order valence-electron chi connectivity index (χ4n) is 2.25. The maximum atomic E-state index is 9.33. The van der Waals surface area contributed by atoms with Crippen LogP contribution < -0.4 is 10.6 Å². The highest BCUT2D eigenvalue weighted by atomic mass is 32.2. The first kappa shape index (κ1) is 14.4. The number of aromatic nitrogens is 2. The maximum absolute atomic E-state index is 9.33. The van der Waals surface area contributed by atoms with Crippen molar-refractivity contribution in [3.05, 3.63) is 6.07 Å². The molecule has 106 valence electrons. The Labute approximate surface area is 117 Å². The van der Waals surface area contributed by atoms with Crippen molar-refractivity contribution in [2.75, 3.05) is 36.6 Å². The maximum Gasteiger partial charge on any atom is 0.191 e. The van der Waals surface area contributed by atoms with Gasteiger partial charge in [0.05, 0.1) is 18.3 Å². The van der Waals surface area contributed by atoms with Gasteiger partial charge >= 0.3 is 0 Å². The van der Waals surface area contributed by atoms with E-state index < -0.39 is 0 Å². The molecule has 1 fully saturated rings. The van der Waals surface area contributed by atoms with Crippen molar-refractivity contribution in [1.82, 2.24) is 9.97 Å². The summed E-state index contributed by atoms with van der Waals surface area (Å²) in [6, 6.07) is 1.76. The number of anilines is 2. The lowest BCUT2D eigenvalue weighted by Gasteiger charge is -2.42. The molecule has 1 aliphatic heterocycles. The van der Waals surface area contributed by atoms with Gasteiger partial charge in [-0.2, -0.15) is 0 Å². The molecule has 1 unspecified atom stereocenters. The molecule has 0 saturated carbocycles. The molecule has 2 heterocycles. The van der Waals surface area contributed by atoms with Crippen LogP contribution in [0.3, 0.4) is 0 Å². The minimum Gasteiger partial charge on any atom is -0.394 e. The zero-order chi connectivity index (χ0) is 14.0. The topological polar surface area (TPSA) is 84.5 Å². The number of aliphatic hydroxyl groups is 1. The molecule has 6 nitrogen and oxygen atoms in total. The van der Waals surface area contributed by atoms with Crippen LogP contribution in [0.1, 0.15) is 13.8 Å². The Morgan fingerprint density at radius 1 is 1.58 bits per heavy atom. The molecular formula is C12H20N4O2S. The first-order valence-corrected chi connectivity index (χ1v) is 7.38. The van der Waals surface area contributed by atoms with Crippen molar-refractivity contribution in [2.45, 2.75) is 30.7 Å². The Kier molecular flexibility index (Phi) is 4.17. The number of nitrogens with two attached hydrogens (primary N) is 1. The number of hydrogen-bond donors (Lipinski definition) is 2. The number of hydrogen-bond acceptors (Lipinski definition) is 7. The predicted octanol–water partition coefficient (Wildman–Crippen LogP) is 0.757. The summed E-state index contributed by atoms with van der Waals surface area (Å²) in [7, 11) is 0. The molecule has 0 amide bonds. The SMILES string of the molecule is CSc1nc(N)cc(N2CC(CO)OC(C)(C)C2)n1. The molecular weight excluding hydrogens is 264 g/mol. The number of nitrogens with zero attached hydrogens (tertiary/aromatic N) is 3. The van der Waals surface area contributed by atoms with Gasteiger partial charge in [0, 0.05) is 19.2 Å². The third-order valence-electron chi connectivity index (χ3n) is 2.90. The van der Waals surface area contributed by atoms with Gasteiger partial charge in [-0.25, -0.2) is 9.97 Å². The van der Waals surface area contributed by atoms with Crippen molar-refractivity contribution in [3.8, 4) is 0 Å². The van der Waals surface area contributed by atoms with Gasteiger partial charge in [-0.15, -0.1) is 0 Å². The van der Waals surface area contributed by atoms with Crippen LogP contribution in [-0.4, -0.2) is 52.7 Å². The summed E-state index contributed by atoms with van der Waals surface area (Å²) >= 11 is 1.46. The lowest BCUT2D eigenvalue weighted by atomic mass is 10.1. The number of ether oxygens (including phenoxy) is 1. The third kappa shape index (κ3) is 3.49. The van der Waals surface area contributed by atoms with Crippen LogP contribution in [-0.2, 0) is 4.74 Å². The zero-order valence-electron chi connectivity index (χ0n) is 11.5. The van der Waals surface area contributed by atoms with Crippen LogP contribution in [0.4, 0.5) is 11.6 Å². The molecule has 1 aromatic rings. The summed E-state index contributed by atoms with van der Waals surface area (Å²) in [6.07, 6.45) is 1.70. The van der Waals surface area contributed by atoms with E-state index >= 15 is 0 Å². The molecule has 1 saturated heterocycles. The second-order valence-electron chi connectivity index (χ2n) is 5.20. The molecule has 0 spiro atoms. The average molecular weight is 284 g/mol. The summed E-state index contributed by atoms with van der Waals surface area (Å²) < 4.78 is 5.79. The second-order valence-corrected chi connectivity index (χ2v) is 5.97. The molecule has 1 aromatic heterocycles. The van der Waals surface area contributed by atoms with E-state index in [0.29, 0.717) is 24.1 Å². The van der Waals surface area contributed by atoms with Crippen molar-refractivity contribution in [1.29, 1.82) is 0 Å². The molecule has 0 aliphatic carbocycles. The van der Waals surface area contributed by atoms with Crippen molar-refractivity contribution in [3.63, 3.8) is 0 Å². The highest BCUT2D eigenvalue weighted by Crippen LogP contribution is 2.26. The summed E-state index contributed by atoms with van der Waals surface area (Å²) in [5.74, 6) is 1.24. The molecule has 3 N–H and O–H groups in total. The first-order valence-electron chi connectivity index (χ1n) is 6.15. The molecule has 1 atom stereocenters. The average Bonchev–Trinajstić information content (AvgIpc) is 2.36. The Bertz CT molecular complexity index is 455. The lowest BCUT2D eigenvalue weighted by molar-refractivity contribution is -0.101. The zero-order valence-corrected chi connectivity index (χ0v) is 12.3. The number of nitrogen functional groups attached to an aromatic ring is 1. The van der Waals surface area contributed by atoms with Crippen LogP contribution in [0, 0.1) is 0 Å². The summed E-state index contributed by atoms with van der Waals surface area (Å²) in [5.41, 5.74) is 5.48. The minimum atomic E-state index is -0.328. The van der Waals surface area contributed by atoms with Crippen LogP contribution in [0.15, 0.2) is 11.2 Å². The van der Waals surface area contributed by atoms with E-state index in [1.165, 1.54) is 11.8 Å². The minimum absolute atomic E-state index is 0.00409. The van der Waals surface area contributed by atoms with Crippen molar-refractivity contribution < 1.29 is 9.84 Å². The Hall–Kier alpha value is -1.05. The molecule has 7 heteroatoms. The molecule has 0 aromatic carbocycles. The Morgan fingerprint density at radius 3 is 2.95 bits per heavy atom. The number of morpholine rings is 1. The molecule has 1 aliphatic rings. The monoisotopic (exact) mass is 284 g/mol. The highest BCUT2D eigenvalue weighted by molar-refractivity contribution is 7.98. The largest absolute Gasteiger partial charge is 0.394 e. The van der Waals surface area contributed by atoms with Gasteiger partial charge in [0.2, 0.25) is 0 Å². The standard InChI is InChI=1S/C12H20N4O2S/c1-12(2)7-16(5-8(6-17)18-12)10-4-9(13)14-11(15-10)19-3/h4,8,17H,5-7H2,1-3H3,(H2,13,14,15). The Morgan fingerprint density at radius 2 is 2.32 bits per heavy atom. The van der Waals surface area contributed by atoms with E-state index in [4.69, 9.17) is 10.5 Å². The van der Waals surface area contributed by atoms with Crippen molar-refractivity contribution in [2.24, 2.45) is 0 Å². The lowest BCUT2D eigenvalue weighted by Crippen LogP contribution is -2.54. The van der Waals surface area contributed by atoms with Gasteiger partial charge in [0.1, 0.15) is 11.6 Å². The van der Waals surface area contributed by atoms with E-state index in [9.17, 15) is 5.11 Å². The van der Waals surface area contributed by atoms with Crippen molar-refractivity contribution >= 4 is 23.4 Å². The molecule has 0 bridgehead atoms. The predicted molar refractivity (Wildman–Crippen MR) is 76.5 cm³/mol. The molecule has 19 heavy (non-hydrogen) atoms. The van der Waals surface area contributed by atoms with E-state index in [1.807, 2.05) is 20.1 Å². The molecule has 2 rings (SSSR count). The summed E-state index contributed by atoms with van der Waals surface area (Å²) in [6.45, 7) is 5.30. The summed E-state index contributed by atoms with van der Waals surface area (Å²) in [4.78, 5) is 10.7. The third-order valence-corrected chi connectivity index (χ3v) is 3.45. The Balaban J connectivity index is 2.27. The van der Waals surface area contributed by atoms with E-state index in [-0.39, 0.29) is 18.3 Å². The van der Waals surface area contributed by atoms with E-state index in [2.05, 4.69) is 14.9 Å². The van der Waals surface area contributed by atoms with Gasteiger partial charge in [-0.1, -0.05) is 11.8 Å². The summed E-state index contributed by atoms with van der Waals surface area (Å²) in [5, 5.41) is 9.98. The fourth-order valence-corrected chi connectivity index (χ4v) is 2.63. The molecule has 0 radical (unpaired) electrons. The quantitative estimate of drug-likeness (QED) is 0.626. The van der Waals surface area contributed by atoms with Crippen LogP contribution in [0.25, 0.3) is 0 Å². The van der Waals surface area contributed by atoms with Crippen LogP contribution >= 0.6 is 11.8 Å². The van der Waals surface area contributed by atoms with Crippen LogP contribution in [0.2, 0.25) is 0 Å². The number of thioether (sulfide) groups is 1. The van der Waals surface area contributed by atoms with Gasteiger partial charge in [0.25, 0.3) is 0 Å².